The lowest BCUT2D eigenvalue weighted by Crippen LogP contribution is -2.09. The summed E-state index contributed by atoms with van der Waals surface area (Å²) in [5, 5.41) is 5.47. The standard InChI is InChI=1S/C15H15N3OS/c1-10(11-5-3-4-6-13(11)19-2)18-15-14-12(7-8-20-14)16-9-17-15/h3-10H,1-2H3,(H,16,17,18). The molecule has 3 aromatic rings. The van der Waals surface area contributed by atoms with E-state index in [9.17, 15) is 0 Å². The molecule has 0 spiro atoms. The molecule has 0 fully saturated rings. The predicted octanol–water partition coefficient (Wildman–Crippen LogP) is 3.87. The molecule has 0 aliphatic carbocycles. The van der Waals surface area contributed by atoms with Crippen LogP contribution in [0.1, 0.15) is 18.5 Å². The summed E-state index contributed by atoms with van der Waals surface area (Å²) in [4.78, 5) is 8.60. The number of hydrogen-bond donors (Lipinski definition) is 1. The fraction of sp³-hybridized carbons (Fsp3) is 0.200. The quantitative estimate of drug-likeness (QED) is 0.790. The fourth-order valence-corrected chi connectivity index (χ4v) is 3.00. The van der Waals surface area contributed by atoms with Gasteiger partial charge in [0, 0.05) is 5.56 Å². The first-order valence-electron chi connectivity index (χ1n) is 6.37. The zero-order valence-electron chi connectivity index (χ0n) is 11.3. The molecule has 0 aliphatic rings. The number of anilines is 1. The maximum Gasteiger partial charge on any atom is 0.147 e. The van der Waals surface area contributed by atoms with Gasteiger partial charge in [0.25, 0.3) is 0 Å². The molecule has 0 bridgehead atoms. The Morgan fingerprint density at radius 3 is 2.90 bits per heavy atom. The van der Waals surface area contributed by atoms with Crippen LogP contribution in [-0.4, -0.2) is 17.1 Å². The molecule has 3 rings (SSSR count). The van der Waals surface area contributed by atoms with Gasteiger partial charge < -0.3 is 10.1 Å². The Morgan fingerprint density at radius 1 is 1.20 bits per heavy atom. The minimum Gasteiger partial charge on any atom is -0.496 e. The van der Waals surface area contributed by atoms with Crippen LogP contribution in [0.2, 0.25) is 0 Å². The molecule has 4 nitrogen and oxygen atoms in total. The fourth-order valence-electron chi connectivity index (χ4n) is 2.20. The van der Waals surface area contributed by atoms with E-state index in [-0.39, 0.29) is 6.04 Å². The van der Waals surface area contributed by atoms with Gasteiger partial charge in [0.05, 0.1) is 23.4 Å². The summed E-state index contributed by atoms with van der Waals surface area (Å²) in [7, 11) is 1.69. The van der Waals surface area contributed by atoms with Crippen molar-refractivity contribution in [2.24, 2.45) is 0 Å². The Labute approximate surface area is 121 Å². The second-order valence-electron chi connectivity index (χ2n) is 4.47. The highest BCUT2D eigenvalue weighted by atomic mass is 32.1. The molecule has 2 aromatic heterocycles. The molecule has 1 atom stereocenters. The number of hydrogen-bond acceptors (Lipinski definition) is 5. The van der Waals surface area contributed by atoms with Crippen LogP contribution in [-0.2, 0) is 0 Å². The molecule has 1 unspecified atom stereocenters. The zero-order chi connectivity index (χ0) is 13.9. The normalized spacial score (nSPS) is 12.3. The van der Waals surface area contributed by atoms with E-state index in [1.807, 2.05) is 29.6 Å². The number of para-hydroxylation sites is 1. The van der Waals surface area contributed by atoms with Gasteiger partial charge in [0.15, 0.2) is 0 Å². The Hall–Kier alpha value is -2.14. The second kappa shape index (κ2) is 5.46. The van der Waals surface area contributed by atoms with Crippen molar-refractivity contribution in [3.8, 4) is 5.75 Å². The van der Waals surface area contributed by atoms with Crippen molar-refractivity contribution in [1.82, 2.24) is 9.97 Å². The van der Waals surface area contributed by atoms with E-state index < -0.39 is 0 Å². The Bertz CT molecular complexity index is 726. The molecule has 5 heteroatoms. The van der Waals surface area contributed by atoms with Crippen LogP contribution < -0.4 is 10.1 Å². The Balaban J connectivity index is 1.92. The third-order valence-electron chi connectivity index (χ3n) is 3.20. The van der Waals surface area contributed by atoms with E-state index in [0.717, 1.165) is 27.3 Å². The second-order valence-corrected chi connectivity index (χ2v) is 5.38. The van der Waals surface area contributed by atoms with Crippen LogP contribution in [0, 0.1) is 0 Å². The summed E-state index contributed by atoms with van der Waals surface area (Å²) in [5.41, 5.74) is 2.08. The average Bonchev–Trinajstić information content (AvgIpc) is 2.96. The molecule has 1 N–H and O–H groups in total. The number of rotatable bonds is 4. The van der Waals surface area contributed by atoms with Crippen LogP contribution in [0.25, 0.3) is 10.2 Å². The SMILES string of the molecule is COc1ccccc1C(C)Nc1ncnc2ccsc12. The van der Waals surface area contributed by atoms with Crippen molar-refractivity contribution in [3.05, 3.63) is 47.6 Å². The van der Waals surface area contributed by atoms with Crippen molar-refractivity contribution in [2.75, 3.05) is 12.4 Å². The first kappa shape index (κ1) is 12.9. The van der Waals surface area contributed by atoms with Crippen LogP contribution >= 0.6 is 11.3 Å². The number of ether oxygens (including phenoxy) is 1. The lowest BCUT2D eigenvalue weighted by molar-refractivity contribution is 0.408. The molecule has 0 saturated heterocycles. The summed E-state index contributed by atoms with van der Waals surface area (Å²) in [6.45, 7) is 2.10. The number of nitrogens with one attached hydrogen (secondary N) is 1. The van der Waals surface area contributed by atoms with Gasteiger partial charge in [-0.05, 0) is 24.4 Å². The van der Waals surface area contributed by atoms with Crippen LogP contribution in [0.3, 0.4) is 0 Å². The highest BCUT2D eigenvalue weighted by Crippen LogP contribution is 2.30. The zero-order valence-corrected chi connectivity index (χ0v) is 12.1. The molecule has 0 saturated carbocycles. The van der Waals surface area contributed by atoms with Crippen LogP contribution in [0.15, 0.2) is 42.0 Å². The maximum atomic E-state index is 5.41. The molecule has 20 heavy (non-hydrogen) atoms. The summed E-state index contributed by atoms with van der Waals surface area (Å²) in [6, 6.07) is 10.1. The Kier molecular flexibility index (Phi) is 3.52. The van der Waals surface area contributed by atoms with Crippen molar-refractivity contribution in [3.63, 3.8) is 0 Å². The van der Waals surface area contributed by atoms with Crippen LogP contribution in [0.5, 0.6) is 5.75 Å². The van der Waals surface area contributed by atoms with Gasteiger partial charge in [0.1, 0.15) is 17.9 Å². The molecule has 1 aromatic carbocycles. The molecule has 0 amide bonds. The molecule has 0 aliphatic heterocycles. The lowest BCUT2D eigenvalue weighted by atomic mass is 10.1. The highest BCUT2D eigenvalue weighted by Gasteiger charge is 2.13. The summed E-state index contributed by atoms with van der Waals surface area (Å²) in [5.74, 6) is 1.74. The van der Waals surface area contributed by atoms with Gasteiger partial charge in [-0.1, -0.05) is 18.2 Å². The van der Waals surface area contributed by atoms with Crippen LogP contribution in [0.4, 0.5) is 5.82 Å². The van der Waals surface area contributed by atoms with Gasteiger partial charge in [-0.15, -0.1) is 11.3 Å². The highest BCUT2D eigenvalue weighted by molar-refractivity contribution is 7.17. The maximum absolute atomic E-state index is 5.41. The number of aromatic nitrogens is 2. The summed E-state index contributed by atoms with van der Waals surface area (Å²) in [6.07, 6.45) is 1.59. The van der Waals surface area contributed by atoms with Gasteiger partial charge >= 0.3 is 0 Å². The number of methoxy groups -OCH3 is 1. The first-order chi connectivity index (χ1) is 9.79. The number of benzene rings is 1. The first-order valence-corrected chi connectivity index (χ1v) is 7.25. The molecular weight excluding hydrogens is 270 g/mol. The minimum absolute atomic E-state index is 0.103. The molecule has 0 radical (unpaired) electrons. The monoisotopic (exact) mass is 285 g/mol. The van der Waals surface area contributed by atoms with Gasteiger partial charge in [-0.2, -0.15) is 0 Å². The third-order valence-corrected chi connectivity index (χ3v) is 4.11. The van der Waals surface area contributed by atoms with E-state index in [0.29, 0.717) is 0 Å². The van der Waals surface area contributed by atoms with Gasteiger partial charge in [-0.3, -0.25) is 0 Å². The predicted molar refractivity (Wildman–Crippen MR) is 82.4 cm³/mol. The van der Waals surface area contributed by atoms with Crippen molar-refractivity contribution in [2.45, 2.75) is 13.0 Å². The molecule has 2 heterocycles. The lowest BCUT2D eigenvalue weighted by Gasteiger charge is -2.17. The minimum atomic E-state index is 0.103. The Morgan fingerprint density at radius 2 is 2.05 bits per heavy atom. The topological polar surface area (TPSA) is 47.0 Å². The van der Waals surface area contributed by atoms with E-state index in [1.165, 1.54) is 0 Å². The largest absolute Gasteiger partial charge is 0.496 e. The van der Waals surface area contributed by atoms with Gasteiger partial charge in [-0.25, -0.2) is 9.97 Å². The van der Waals surface area contributed by atoms with Crippen molar-refractivity contribution in [1.29, 1.82) is 0 Å². The van der Waals surface area contributed by atoms with Crippen molar-refractivity contribution < 1.29 is 4.74 Å². The van der Waals surface area contributed by atoms with Gasteiger partial charge in [0.2, 0.25) is 0 Å². The third kappa shape index (κ3) is 2.32. The van der Waals surface area contributed by atoms with E-state index in [2.05, 4.69) is 28.3 Å². The van der Waals surface area contributed by atoms with Crippen molar-refractivity contribution >= 4 is 27.4 Å². The molecule has 102 valence electrons. The number of thiophene rings is 1. The number of nitrogens with zero attached hydrogens (tertiary/aromatic N) is 2. The van der Waals surface area contributed by atoms with E-state index in [4.69, 9.17) is 4.74 Å². The van der Waals surface area contributed by atoms with E-state index >= 15 is 0 Å². The average molecular weight is 285 g/mol. The summed E-state index contributed by atoms with van der Waals surface area (Å²) >= 11 is 1.64. The van der Waals surface area contributed by atoms with E-state index in [1.54, 1.807) is 24.8 Å². The summed E-state index contributed by atoms with van der Waals surface area (Å²) < 4.78 is 6.48. The molecular formula is C15H15N3OS. The smallest absolute Gasteiger partial charge is 0.147 e. The number of fused-ring (bicyclic) bond motifs is 1.